The van der Waals surface area contributed by atoms with E-state index in [1.807, 2.05) is 0 Å². The zero-order valence-corrected chi connectivity index (χ0v) is 31.7. The van der Waals surface area contributed by atoms with Crippen LogP contribution in [0, 0.1) is 0 Å². The molecular weight excluding hydrogens is 675 g/mol. The van der Waals surface area contributed by atoms with Gasteiger partial charge in [0.2, 0.25) is 0 Å². The van der Waals surface area contributed by atoms with Gasteiger partial charge >= 0.3 is 0 Å². The maximum atomic E-state index is 2.48. The summed E-state index contributed by atoms with van der Waals surface area (Å²) in [5.74, 6) is 0. The normalized spacial score (nSPS) is 12.6. The molecule has 0 N–H and O–H groups in total. The molecule has 0 saturated heterocycles. The molecule has 1 heteroatoms. The molecule has 0 amide bonds. The Morgan fingerprint density at radius 2 is 0.839 bits per heavy atom. The number of hydrogen-bond donors (Lipinski definition) is 0. The van der Waals surface area contributed by atoms with Crippen molar-refractivity contribution in [1.82, 2.24) is 0 Å². The van der Waals surface area contributed by atoms with Crippen molar-refractivity contribution in [3.05, 3.63) is 223 Å². The van der Waals surface area contributed by atoms with Gasteiger partial charge in [0.25, 0.3) is 0 Å². The summed E-state index contributed by atoms with van der Waals surface area (Å²) in [5.41, 5.74) is 18.4. The van der Waals surface area contributed by atoms with Crippen molar-refractivity contribution in [3.63, 3.8) is 0 Å². The highest BCUT2D eigenvalue weighted by molar-refractivity contribution is 6.05. The lowest BCUT2D eigenvalue weighted by Crippen LogP contribution is -2.16. The van der Waals surface area contributed by atoms with E-state index >= 15 is 0 Å². The van der Waals surface area contributed by atoms with Crippen LogP contribution in [0.5, 0.6) is 0 Å². The van der Waals surface area contributed by atoms with Crippen molar-refractivity contribution in [2.24, 2.45) is 0 Å². The number of hydrogen-bond acceptors (Lipinski definition) is 1. The summed E-state index contributed by atoms with van der Waals surface area (Å²) in [6, 6.07) is 77.6. The summed E-state index contributed by atoms with van der Waals surface area (Å²) in [4.78, 5) is 2.48. The Labute approximate surface area is 329 Å². The smallest absolute Gasteiger partial charge is 0.0546 e. The van der Waals surface area contributed by atoms with E-state index in [2.05, 4.69) is 231 Å². The third-order valence-electron chi connectivity index (χ3n) is 11.7. The van der Waals surface area contributed by atoms with Crippen molar-refractivity contribution in [3.8, 4) is 55.6 Å². The standard InChI is InChI=1S/C55H41N/c1-55(2)50-31-14-13-26-47(50)49-30-16-29-46(54(49)55)41-34-36-42(37-35-41)56(51-32-15-23-39-22-9-10-25-44(39)51)52-33-17-28-45(40-20-7-4-8-21-40)53(52)48-27-12-11-24-43(48)38-18-5-3-6-19-38/h3-37H,1-2H3. The zero-order valence-electron chi connectivity index (χ0n) is 31.7. The second kappa shape index (κ2) is 13.7. The number of benzene rings is 9. The van der Waals surface area contributed by atoms with E-state index in [4.69, 9.17) is 0 Å². The molecule has 1 aliphatic rings. The summed E-state index contributed by atoms with van der Waals surface area (Å²) in [5, 5.41) is 2.41. The minimum atomic E-state index is -0.102. The fraction of sp³-hybridized carbons (Fsp3) is 0.0545. The van der Waals surface area contributed by atoms with Gasteiger partial charge in [0, 0.05) is 22.1 Å². The van der Waals surface area contributed by atoms with Crippen LogP contribution >= 0.6 is 0 Å². The number of nitrogens with zero attached hydrogens (tertiary/aromatic N) is 1. The van der Waals surface area contributed by atoms with E-state index in [1.165, 1.54) is 77.5 Å². The molecule has 0 radical (unpaired) electrons. The Hall–Kier alpha value is -6.96. The summed E-state index contributed by atoms with van der Waals surface area (Å²) in [6.45, 7) is 4.73. The van der Waals surface area contributed by atoms with Gasteiger partial charge in [-0.3, -0.25) is 0 Å². The molecule has 0 aliphatic heterocycles. The fourth-order valence-corrected chi connectivity index (χ4v) is 9.13. The van der Waals surface area contributed by atoms with Gasteiger partial charge in [0.1, 0.15) is 0 Å². The first-order chi connectivity index (χ1) is 27.6. The lowest BCUT2D eigenvalue weighted by Gasteiger charge is -2.31. The average molecular weight is 716 g/mol. The maximum absolute atomic E-state index is 2.48. The summed E-state index contributed by atoms with van der Waals surface area (Å²) < 4.78 is 0. The SMILES string of the molecule is CC1(C)c2ccccc2-c2cccc(-c3ccc(N(c4cccc(-c5ccccc5)c4-c4ccccc4-c4ccccc4)c4cccc5ccccc45)cc3)c21. The van der Waals surface area contributed by atoms with E-state index < -0.39 is 0 Å². The zero-order chi connectivity index (χ0) is 37.6. The summed E-state index contributed by atoms with van der Waals surface area (Å²) in [7, 11) is 0. The van der Waals surface area contributed by atoms with Gasteiger partial charge in [-0.15, -0.1) is 0 Å². The van der Waals surface area contributed by atoms with Crippen molar-refractivity contribution in [2.45, 2.75) is 19.3 Å². The van der Waals surface area contributed by atoms with Crippen LogP contribution in [0.1, 0.15) is 25.0 Å². The molecule has 56 heavy (non-hydrogen) atoms. The Kier molecular flexibility index (Phi) is 8.23. The molecule has 9 aromatic rings. The Morgan fingerprint density at radius 1 is 0.339 bits per heavy atom. The molecule has 0 heterocycles. The van der Waals surface area contributed by atoms with E-state index in [0.29, 0.717) is 0 Å². The van der Waals surface area contributed by atoms with Crippen molar-refractivity contribution in [1.29, 1.82) is 0 Å². The first-order valence-corrected chi connectivity index (χ1v) is 19.5. The monoisotopic (exact) mass is 715 g/mol. The van der Waals surface area contributed by atoms with E-state index in [9.17, 15) is 0 Å². The predicted molar refractivity (Wildman–Crippen MR) is 238 cm³/mol. The first kappa shape index (κ1) is 33.6. The highest BCUT2D eigenvalue weighted by Crippen LogP contribution is 2.53. The maximum Gasteiger partial charge on any atom is 0.0546 e. The van der Waals surface area contributed by atoms with E-state index in [-0.39, 0.29) is 5.41 Å². The quantitative estimate of drug-likeness (QED) is 0.159. The molecule has 0 bridgehead atoms. The number of anilines is 3. The molecule has 0 aromatic heterocycles. The van der Waals surface area contributed by atoms with Crippen LogP contribution < -0.4 is 4.90 Å². The van der Waals surface area contributed by atoms with Crippen LogP contribution in [0.15, 0.2) is 212 Å². The van der Waals surface area contributed by atoms with E-state index in [1.54, 1.807) is 0 Å². The van der Waals surface area contributed by atoms with Gasteiger partial charge in [0.15, 0.2) is 0 Å². The highest BCUT2D eigenvalue weighted by Gasteiger charge is 2.37. The highest BCUT2D eigenvalue weighted by atomic mass is 15.1. The van der Waals surface area contributed by atoms with Gasteiger partial charge in [-0.05, 0) is 90.8 Å². The second-order valence-corrected chi connectivity index (χ2v) is 15.3. The van der Waals surface area contributed by atoms with Crippen molar-refractivity contribution < 1.29 is 0 Å². The van der Waals surface area contributed by atoms with Crippen LogP contribution in [0.25, 0.3) is 66.4 Å². The van der Waals surface area contributed by atoms with Crippen LogP contribution in [-0.2, 0) is 5.41 Å². The van der Waals surface area contributed by atoms with Crippen LogP contribution in [0.4, 0.5) is 17.1 Å². The summed E-state index contributed by atoms with van der Waals surface area (Å²) >= 11 is 0. The molecule has 9 aromatic carbocycles. The molecule has 266 valence electrons. The molecule has 0 saturated carbocycles. The van der Waals surface area contributed by atoms with Crippen LogP contribution in [0.2, 0.25) is 0 Å². The van der Waals surface area contributed by atoms with Gasteiger partial charge in [-0.25, -0.2) is 0 Å². The molecule has 1 aliphatic carbocycles. The first-order valence-electron chi connectivity index (χ1n) is 19.5. The molecule has 0 unspecified atom stereocenters. The molecule has 0 fully saturated rings. The van der Waals surface area contributed by atoms with E-state index in [0.717, 1.165) is 17.1 Å². The van der Waals surface area contributed by atoms with Crippen molar-refractivity contribution >= 4 is 27.8 Å². The molecule has 10 rings (SSSR count). The largest absolute Gasteiger partial charge is 0.309 e. The van der Waals surface area contributed by atoms with Gasteiger partial charge in [-0.2, -0.15) is 0 Å². The Balaban J connectivity index is 1.22. The van der Waals surface area contributed by atoms with Gasteiger partial charge in [0.05, 0.1) is 11.4 Å². The fourth-order valence-electron chi connectivity index (χ4n) is 9.13. The second-order valence-electron chi connectivity index (χ2n) is 15.3. The van der Waals surface area contributed by atoms with Gasteiger partial charge < -0.3 is 4.90 Å². The number of fused-ring (bicyclic) bond motifs is 4. The summed E-state index contributed by atoms with van der Waals surface area (Å²) in [6.07, 6.45) is 0. The Bertz CT molecular complexity index is 2860. The lowest BCUT2D eigenvalue weighted by molar-refractivity contribution is 0.662. The predicted octanol–water partition coefficient (Wildman–Crippen LogP) is 15.3. The number of rotatable bonds is 7. The molecular formula is C55H41N. The molecule has 0 atom stereocenters. The molecule has 1 nitrogen and oxygen atoms in total. The third kappa shape index (κ3) is 5.55. The molecule has 0 spiro atoms. The average Bonchev–Trinajstić information content (AvgIpc) is 3.50. The minimum Gasteiger partial charge on any atom is -0.309 e. The third-order valence-corrected chi connectivity index (χ3v) is 11.7. The van der Waals surface area contributed by atoms with Crippen LogP contribution in [-0.4, -0.2) is 0 Å². The van der Waals surface area contributed by atoms with Gasteiger partial charge in [-0.1, -0.05) is 202 Å². The lowest BCUT2D eigenvalue weighted by atomic mass is 9.79. The minimum absolute atomic E-state index is 0.102. The van der Waals surface area contributed by atoms with Crippen molar-refractivity contribution in [2.75, 3.05) is 4.90 Å². The topological polar surface area (TPSA) is 3.24 Å². The Morgan fingerprint density at radius 3 is 1.61 bits per heavy atom. The van der Waals surface area contributed by atoms with Crippen LogP contribution in [0.3, 0.4) is 0 Å².